The van der Waals surface area contributed by atoms with E-state index in [-0.39, 0.29) is 11.9 Å². The average Bonchev–Trinajstić information content (AvgIpc) is 2.23. The highest BCUT2D eigenvalue weighted by Gasteiger charge is 2.31. The first-order valence-electron chi connectivity index (χ1n) is 5.23. The molecule has 0 aliphatic rings. The topological polar surface area (TPSA) is 56.1 Å². The van der Waals surface area contributed by atoms with Crippen LogP contribution in [0.5, 0.6) is 0 Å². The predicted molar refractivity (Wildman–Crippen MR) is 60.2 cm³/mol. The van der Waals surface area contributed by atoms with Crippen LogP contribution in [-0.4, -0.2) is 37.5 Å². The highest BCUT2D eigenvalue weighted by molar-refractivity contribution is 5.84. The van der Waals surface area contributed by atoms with Crippen LogP contribution in [0, 0.1) is 16.7 Å². The van der Waals surface area contributed by atoms with Crippen molar-refractivity contribution in [2.75, 3.05) is 20.6 Å². The largest absolute Gasteiger partial charge is 0.353 e. The quantitative estimate of drug-likeness (QED) is 0.738. The molecule has 0 aliphatic heterocycles. The lowest BCUT2D eigenvalue weighted by Crippen LogP contribution is -2.43. The highest BCUT2D eigenvalue weighted by atomic mass is 16.2. The van der Waals surface area contributed by atoms with Gasteiger partial charge in [0.05, 0.1) is 6.07 Å². The molecule has 0 aromatic heterocycles. The van der Waals surface area contributed by atoms with Gasteiger partial charge in [0, 0.05) is 12.6 Å². The van der Waals surface area contributed by atoms with Gasteiger partial charge in [0.1, 0.15) is 5.41 Å². The molecule has 0 radical (unpaired) electrons. The standard InChI is InChI=1S/C11H21N3O/c1-6-11(3,8-12)10(15)13-7-9(2)14(4)5/h9H,6-7H2,1-5H3,(H,13,15). The molecular weight excluding hydrogens is 190 g/mol. The number of nitrogens with zero attached hydrogens (tertiary/aromatic N) is 2. The molecule has 0 aliphatic carbocycles. The highest BCUT2D eigenvalue weighted by Crippen LogP contribution is 2.19. The molecule has 0 bridgehead atoms. The number of likely N-dealkylation sites (N-methyl/N-ethyl adjacent to an activating group) is 1. The molecule has 0 spiro atoms. The first kappa shape index (κ1) is 13.9. The van der Waals surface area contributed by atoms with Gasteiger partial charge in [-0.3, -0.25) is 4.79 Å². The maximum atomic E-state index is 11.7. The Balaban J connectivity index is 4.22. The van der Waals surface area contributed by atoms with Crippen LogP contribution in [0.3, 0.4) is 0 Å². The molecule has 0 saturated heterocycles. The lowest BCUT2D eigenvalue weighted by atomic mass is 9.88. The van der Waals surface area contributed by atoms with E-state index in [2.05, 4.69) is 11.4 Å². The summed E-state index contributed by atoms with van der Waals surface area (Å²) in [5.41, 5.74) is -0.897. The molecule has 1 N–H and O–H groups in total. The van der Waals surface area contributed by atoms with Crippen molar-refractivity contribution in [2.45, 2.75) is 33.2 Å². The van der Waals surface area contributed by atoms with Gasteiger partial charge in [-0.15, -0.1) is 0 Å². The summed E-state index contributed by atoms with van der Waals surface area (Å²) in [5.74, 6) is -0.179. The zero-order chi connectivity index (χ0) is 12.1. The van der Waals surface area contributed by atoms with Crippen LogP contribution in [0.1, 0.15) is 27.2 Å². The van der Waals surface area contributed by atoms with Crippen LogP contribution in [0.4, 0.5) is 0 Å². The van der Waals surface area contributed by atoms with Crippen molar-refractivity contribution in [3.63, 3.8) is 0 Å². The summed E-state index contributed by atoms with van der Waals surface area (Å²) in [5, 5.41) is 11.7. The fraction of sp³-hybridized carbons (Fsp3) is 0.818. The van der Waals surface area contributed by atoms with E-state index in [1.165, 1.54) is 0 Å². The molecule has 4 nitrogen and oxygen atoms in total. The van der Waals surface area contributed by atoms with Gasteiger partial charge in [-0.2, -0.15) is 5.26 Å². The third-order valence-corrected chi connectivity index (χ3v) is 2.89. The van der Waals surface area contributed by atoms with E-state index in [9.17, 15) is 4.79 Å². The number of carbonyl (C=O) groups is 1. The fourth-order valence-electron chi connectivity index (χ4n) is 0.908. The molecule has 0 aromatic rings. The Hall–Kier alpha value is -1.08. The van der Waals surface area contributed by atoms with Crippen LogP contribution >= 0.6 is 0 Å². The maximum absolute atomic E-state index is 11.7. The summed E-state index contributed by atoms with van der Waals surface area (Å²) in [6.45, 7) is 6.11. The van der Waals surface area contributed by atoms with Crippen LogP contribution in [0.15, 0.2) is 0 Å². The lowest BCUT2D eigenvalue weighted by molar-refractivity contribution is -0.127. The van der Waals surface area contributed by atoms with Crippen molar-refractivity contribution < 1.29 is 4.79 Å². The maximum Gasteiger partial charge on any atom is 0.240 e. The van der Waals surface area contributed by atoms with Gasteiger partial charge in [0.15, 0.2) is 0 Å². The fourth-order valence-corrected chi connectivity index (χ4v) is 0.908. The van der Waals surface area contributed by atoms with E-state index < -0.39 is 5.41 Å². The minimum atomic E-state index is -0.897. The minimum absolute atomic E-state index is 0.179. The SMILES string of the molecule is CCC(C)(C#N)C(=O)NCC(C)N(C)C. The monoisotopic (exact) mass is 211 g/mol. The molecular formula is C11H21N3O. The normalized spacial score (nSPS) is 16.6. The molecule has 0 saturated carbocycles. The van der Waals surface area contributed by atoms with E-state index in [0.29, 0.717) is 13.0 Å². The van der Waals surface area contributed by atoms with E-state index in [1.807, 2.05) is 32.8 Å². The third-order valence-electron chi connectivity index (χ3n) is 2.89. The Morgan fingerprint density at radius 1 is 1.60 bits per heavy atom. The average molecular weight is 211 g/mol. The Morgan fingerprint density at radius 2 is 2.13 bits per heavy atom. The zero-order valence-corrected chi connectivity index (χ0v) is 10.3. The summed E-state index contributed by atoms with van der Waals surface area (Å²) in [6, 6.07) is 2.33. The Labute approximate surface area is 92.3 Å². The first-order chi connectivity index (χ1) is 6.87. The summed E-state index contributed by atoms with van der Waals surface area (Å²) in [7, 11) is 3.92. The van der Waals surface area contributed by atoms with Gasteiger partial charge in [-0.25, -0.2) is 0 Å². The molecule has 0 heterocycles. The Bertz CT molecular complexity index is 257. The summed E-state index contributed by atoms with van der Waals surface area (Å²) in [6.07, 6.45) is 0.533. The zero-order valence-electron chi connectivity index (χ0n) is 10.3. The van der Waals surface area contributed by atoms with Crippen molar-refractivity contribution in [1.82, 2.24) is 10.2 Å². The van der Waals surface area contributed by atoms with Gasteiger partial charge in [0.25, 0.3) is 0 Å². The Kier molecular flexibility index (Phi) is 5.31. The second-order valence-electron chi connectivity index (χ2n) is 4.32. The van der Waals surface area contributed by atoms with Crippen molar-refractivity contribution in [3.05, 3.63) is 0 Å². The van der Waals surface area contributed by atoms with Crippen molar-refractivity contribution >= 4 is 5.91 Å². The summed E-state index contributed by atoms with van der Waals surface area (Å²) < 4.78 is 0. The molecule has 1 amide bonds. The number of hydrogen-bond acceptors (Lipinski definition) is 3. The molecule has 86 valence electrons. The van der Waals surface area contributed by atoms with E-state index >= 15 is 0 Å². The van der Waals surface area contributed by atoms with Crippen LogP contribution in [0.25, 0.3) is 0 Å². The van der Waals surface area contributed by atoms with Crippen molar-refractivity contribution in [2.24, 2.45) is 5.41 Å². The predicted octanol–water partition coefficient (Wildman–Crippen LogP) is 0.993. The number of amides is 1. The molecule has 15 heavy (non-hydrogen) atoms. The first-order valence-corrected chi connectivity index (χ1v) is 5.23. The molecule has 0 aromatic carbocycles. The number of nitrogens with one attached hydrogen (secondary N) is 1. The van der Waals surface area contributed by atoms with Gasteiger partial charge in [-0.05, 0) is 34.4 Å². The summed E-state index contributed by atoms with van der Waals surface area (Å²) >= 11 is 0. The second-order valence-corrected chi connectivity index (χ2v) is 4.32. The van der Waals surface area contributed by atoms with Crippen LogP contribution < -0.4 is 5.32 Å². The Morgan fingerprint density at radius 3 is 2.47 bits per heavy atom. The van der Waals surface area contributed by atoms with Gasteiger partial charge < -0.3 is 10.2 Å². The lowest BCUT2D eigenvalue weighted by Gasteiger charge is -2.23. The van der Waals surface area contributed by atoms with Crippen molar-refractivity contribution in [1.29, 1.82) is 5.26 Å². The van der Waals surface area contributed by atoms with Crippen LogP contribution in [-0.2, 0) is 4.79 Å². The van der Waals surface area contributed by atoms with Crippen molar-refractivity contribution in [3.8, 4) is 6.07 Å². The molecule has 0 fully saturated rings. The van der Waals surface area contributed by atoms with E-state index in [0.717, 1.165) is 0 Å². The van der Waals surface area contributed by atoms with Gasteiger partial charge >= 0.3 is 0 Å². The minimum Gasteiger partial charge on any atom is -0.353 e. The number of rotatable bonds is 5. The molecule has 2 unspecified atom stereocenters. The second kappa shape index (κ2) is 5.72. The van der Waals surface area contributed by atoms with E-state index in [1.54, 1.807) is 6.92 Å². The number of carbonyl (C=O) groups excluding carboxylic acids is 1. The van der Waals surface area contributed by atoms with Gasteiger partial charge in [-0.1, -0.05) is 6.92 Å². The molecule has 0 rings (SSSR count). The number of nitriles is 1. The van der Waals surface area contributed by atoms with E-state index in [4.69, 9.17) is 5.26 Å². The van der Waals surface area contributed by atoms with Gasteiger partial charge in [0.2, 0.25) is 5.91 Å². The third kappa shape index (κ3) is 3.88. The smallest absolute Gasteiger partial charge is 0.240 e. The molecule has 2 atom stereocenters. The summed E-state index contributed by atoms with van der Waals surface area (Å²) in [4.78, 5) is 13.7. The number of hydrogen-bond donors (Lipinski definition) is 1. The molecule has 4 heteroatoms. The van der Waals surface area contributed by atoms with Crippen LogP contribution in [0.2, 0.25) is 0 Å².